The maximum Gasteiger partial charge on any atom is 0.173 e. The van der Waals surface area contributed by atoms with Crippen LogP contribution in [0.4, 0.5) is 21.7 Å². The van der Waals surface area contributed by atoms with Crippen LogP contribution < -0.4 is 11.1 Å². The summed E-state index contributed by atoms with van der Waals surface area (Å²) in [6.07, 6.45) is 0. The first-order chi connectivity index (χ1) is 10.7. The molecular formula is C16H12FN5. The van der Waals surface area contributed by atoms with Gasteiger partial charge >= 0.3 is 0 Å². The number of hydrogen-bond acceptors (Lipinski definition) is 4. The summed E-state index contributed by atoms with van der Waals surface area (Å²) in [5.41, 5.74) is 7.60. The number of anilines is 3. The summed E-state index contributed by atoms with van der Waals surface area (Å²) in [4.78, 5) is 0. The van der Waals surface area contributed by atoms with Crippen LogP contribution in [-0.4, -0.2) is 9.78 Å². The average molecular weight is 293 g/mol. The lowest BCUT2D eigenvalue weighted by Gasteiger charge is -2.03. The number of rotatable bonds is 3. The van der Waals surface area contributed by atoms with Crippen molar-refractivity contribution in [2.75, 3.05) is 11.1 Å². The van der Waals surface area contributed by atoms with Crippen molar-refractivity contribution in [3.05, 3.63) is 66.0 Å². The molecule has 1 aromatic heterocycles. The molecule has 0 atom stereocenters. The molecule has 0 unspecified atom stereocenters. The lowest BCUT2D eigenvalue weighted by atomic mass is 10.3. The molecule has 2 aromatic carbocycles. The van der Waals surface area contributed by atoms with Gasteiger partial charge < -0.3 is 11.1 Å². The number of para-hydroxylation sites is 1. The first-order valence-corrected chi connectivity index (χ1v) is 6.55. The number of nitrogens with two attached hydrogens (primary N) is 1. The van der Waals surface area contributed by atoms with Crippen LogP contribution in [0.15, 0.2) is 54.6 Å². The second-order valence-electron chi connectivity index (χ2n) is 4.60. The van der Waals surface area contributed by atoms with Crippen LogP contribution in [0.3, 0.4) is 0 Å². The molecule has 3 aromatic rings. The van der Waals surface area contributed by atoms with Gasteiger partial charge in [-0.3, -0.25) is 0 Å². The van der Waals surface area contributed by atoms with Crippen molar-refractivity contribution in [2.45, 2.75) is 0 Å². The van der Waals surface area contributed by atoms with E-state index in [1.165, 1.54) is 16.8 Å². The van der Waals surface area contributed by atoms with Gasteiger partial charge in [0.25, 0.3) is 0 Å². The highest BCUT2D eigenvalue weighted by Crippen LogP contribution is 2.26. The predicted molar refractivity (Wildman–Crippen MR) is 82.4 cm³/mol. The van der Waals surface area contributed by atoms with E-state index >= 15 is 0 Å². The molecule has 108 valence electrons. The monoisotopic (exact) mass is 293 g/mol. The summed E-state index contributed by atoms with van der Waals surface area (Å²) < 4.78 is 14.4. The predicted octanol–water partition coefficient (Wildman–Crippen LogP) is 3.21. The smallest absolute Gasteiger partial charge is 0.173 e. The molecule has 5 nitrogen and oxygen atoms in total. The zero-order valence-electron chi connectivity index (χ0n) is 11.5. The largest absolute Gasteiger partial charge is 0.382 e. The van der Waals surface area contributed by atoms with E-state index < -0.39 is 0 Å². The molecule has 0 spiro atoms. The van der Waals surface area contributed by atoms with Crippen molar-refractivity contribution < 1.29 is 4.39 Å². The zero-order chi connectivity index (χ0) is 15.5. The van der Waals surface area contributed by atoms with E-state index in [1.807, 2.05) is 36.4 Å². The molecule has 0 aliphatic heterocycles. The third kappa shape index (κ3) is 2.47. The van der Waals surface area contributed by atoms with Crippen molar-refractivity contribution in [3.8, 4) is 11.8 Å². The third-order valence-electron chi connectivity index (χ3n) is 3.14. The lowest BCUT2D eigenvalue weighted by Crippen LogP contribution is -2.02. The van der Waals surface area contributed by atoms with E-state index in [4.69, 9.17) is 5.73 Å². The van der Waals surface area contributed by atoms with E-state index in [9.17, 15) is 9.65 Å². The van der Waals surface area contributed by atoms with Gasteiger partial charge in [0.15, 0.2) is 5.82 Å². The first kappa shape index (κ1) is 13.6. The van der Waals surface area contributed by atoms with Gasteiger partial charge in [-0.05, 0) is 36.4 Å². The number of hydrogen-bond donors (Lipinski definition) is 2. The molecule has 0 saturated heterocycles. The molecule has 0 bridgehead atoms. The molecule has 3 rings (SSSR count). The van der Waals surface area contributed by atoms with Gasteiger partial charge in [0.2, 0.25) is 0 Å². The number of benzene rings is 2. The van der Waals surface area contributed by atoms with Crippen LogP contribution in [0, 0.1) is 17.1 Å². The van der Waals surface area contributed by atoms with Gasteiger partial charge in [-0.1, -0.05) is 18.2 Å². The fraction of sp³-hybridized carbons (Fsp3) is 0. The Morgan fingerprint density at radius 1 is 1.09 bits per heavy atom. The summed E-state index contributed by atoms with van der Waals surface area (Å²) in [6, 6.07) is 17.1. The minimum atomic E-state index is -0.349. The summed E-state index contributed by atoms with van der Waals surface area (Å²) in [6.45, 7) is 0. The van der Waals surface area contributed by atoms with Crippen LogP contribution in [0.2, 0.25) is 0 Å². The quantitative estimate of drug-likeness (QED) is 0.777. The number of halogens is 1. The Kier molecular flexibility index (Phi) is 3.46. The highest BCUT2D eigenvalue weighted by molar-refractivity contribution is 5.70. The first-order valence-electron chi connectivity index (χ1n) is 6.55. The van der Waals surface area contributed by atoms with Gasteiger partial charge in [-0.25, -0.2) is 9.07 Å². The van der Waals surface area contributed by atoms with Gasteiger partial charge in [0.05, 0.1) is 5.69 Å². The minimum absolute atomic E-state index is 0.201. The maximum atomic E-state index is 13.0. The molecule has 0 aliphatic rings. The van der Waals surface area contributed by atoms with E-state index in [2.05, 4.69) is 10.4 Å². The number of nitriles is 1. The Hall–Kier alpha value is -3.33. The molecule has 6 heteroatoms. The molecule has 0 amide bonds. The van der Waals surface area contributed by atoms with Gasteiger partial charge in [-0.15, -0.1) is 5.10 Å². The summed E-state index contributed by atoms with van der Waals surface area (Å²) in [5, 5.41) is 16.7. The summed E-state index contributed by atoms with van der Waals surface area (Å²) in [7, 11) is 0. The van der Waals surface area contributed by atoms with E-state index in [0.29, 0.717) is 11.5 Å². The topological polar surface area (TPSA) is 79.7 Å². The fourth-order valence-corrected chi connectivity index (χ4v) is 2.07. The molecule has 1 heterocycles. The van der Waals surface area contributed by atoms with Gasteiger partial charge in [-0.2, -0.15) is 5.26 Å². The molecule has 0 fully saturated rings. The summed E-state index contributed by atoms with van der Waals surface area (Å²) in [5.74, 6) is 0.209. The Bertz CT molecular complexity index is 831. The fourth-order valence-electron chi connectivity index (χ4n) is 2.07. The Morgan fingerprint density at radius 3 is 2.41 bits per heavy atom. The Morgan fingerprint density at radius 2 is 1.77 bits per heavy atom. The number of nitrogen functional groups attached to an aromatic ring is 1. The maximum absolute atomic E-state index is 13.0. The second kappa shape index (κ2) is 5.58. The average Bonchev–Trinajstić information content (AvgIpc) is 2.85. The Labute approximate surface area is 126 Å². The van der Waals surface area contributed by atoms with Crippen LogP contribution in [0.1, 0.15) is 5.56 Å². The van der Waals surface area contributed by atoms with Gasteiger partial charge in [0, 0.05) is 5.69 Å². The highest BCUT2D eigenvalue weighted by atomic mass is 19.1. The molecule has 22 heavy (non-hydrogen) atoms. The van der Waals surface area contributed by atoms with Crippen molar-refractivity contribution in [3.63, 3.8) is 0 Å². The molecule has 3 N–H and O–H groups in total. The normalized spacial score (nSPS) is 10.2. The zero-order valence-corrected chi connectivity index (χ0v) is 11.5. The van der Waals surface area contributed by atoms with E-state index in [0.717, 1.165) is 5.69 Å². The van der Waals surface area contributed by atoms with E-state index in [-0.39, 0.29) is 17.2 Å². The molecular weight excluding hydrogens is 281 g/mol. The second-order valence-corrected chi connectivity index (χ2v) is 4.60. The summed E-state index contributed by atoms with van der Waals surface area (Å²) >= 11 is 0. The van der Waals surface area contributed by atoms with Crippen molar-refractivity contribution in [1.82, 2.24) is 9.78 Å². The van der Waals surface area contributed by atoms with Crippen LogP contribution >= 0.6 is 0 Å². The standard InChI is InChI=1S/C16H12FN5/c17-11-6-8-13(9-7-11)22-15(19)14(10-18)16(21-22)20-12-4-2-1-3-5-12/h1-9H,19H2,(H,20,21). The van der Waals surface area contributed by atoms with Crippen molar-refractivity contribution in [2.24, 2.45) is 0 Å². The van der Waals surface area contributed by atoms with E-state index in [1.54, 1.807) is 12.1 Å². The Balaban J connectivity index is 2.03. The molecule has 0 saturated carbocycles. The minimum Gasteiger partial charge on any atom is -0.382 e. The SMILES string of the molecule is N#Cc1c(Nc2ccccc2)nn(-c2ccc(F)cc2)c1N. The highest BCUT2D eigenvalue weighted by Gasteiger charge is 2.16. The lowest BCUT2D eigenvalue weighted by molar-refractivity contribution is 0.627. The number of aromatic nitrogens is 2. The number of nitrogens with zero attached hydrogens (tertiary/aromatic N) is 3. The van der Waals surface area contributed by atoms with Crippen molar-refractivity contribution >= 4 is 17.3 Å². The molecule has 0 aliphatic carbocycles. The van der Waals surface area contributed by atoms with Gasteiger partial charge in [0.1, 0.15) is 23.3 Å². The molecule has 0 radical (unpaired) electrons. The van der Waals surface area contributed by atoms with Crippen LogP contribution in [0.25, 0.3) is 5.69 Å². The van der Waals surface area contributed by atoms with Crippen LogP contribution in [-0.2, 0) is 0 Å². The van der Waals surface area contributed by atoms with Crippen LogP contribution in [0.5, 0.6) is 0 Å². The number of nitrogens with one attached hydrogen (secondary N) is 1. The van der Waals surface area contributed by atoms with Crippen molar-refractivity contribution in [1.29, 1.82) is 5.26 Å². The third-order valence-corrected chi connectivity index (χ3v) is 3.14.